The van der Waals surface area contributed by atoms with Crippen LogP contribution in [0.4, 0.5) is 11.4 Å². The highest BCUT2D eigenvalue weighted by atomic mass is 32.1. The molecule has 1 N–H and O–H groups in total. The van der Waals surface area contributed by atoms with Crippen molar-refractivity contribution in [2.75, 3.05) is 23.9 Å². The Kier molecular flexibility index (Phi) is 5.40. The number of fused-ring (bicyclic) bond motifs is 1. The number of rotatable bonds is 5. The van der Waals surface area contributed by atoms with Crippen molar-refractivity contribution >= 4 is 34.5 Å². The molecule has 2 amide bonds. The van der Waals surface area contributed by atoms with Gasteiger partial charge in [-0.1, -0.05) is 13.3 Å². The highest BCUT2D eigenvalue weighted by Gasteiger charge is 2.25. The minimum atomic E-state index is -0.0838. The second-order valence-corrected chi connectivity index (χ2v) is 8.70. The topological polar surface area (TPSA) is 58.6 Å². The average Bonchev–Trinajstić information content (AvgIpc) is 3.33. The van der Waals surface area contributed by atoms with Crippen LogP contribution in [0.2, 0.25) is 0 Å². The lowest BCUT2D eigenvalue weighted by Crippen LogP contribution is -2.24. The Morgan fingerprint density at radius 1 is 1.32 bits per heavy atom. The molecule has 6 heteroatoms. The van der Waals surface area contributed by atoms with E-state index < -0.39 is 0 Å². The number of nitrogens with one attached hydrogen (secondary N) is 1. The molecule has 0 spiro atoms. The van der Waals surface area contributed by atoms with Gasteiger partial charge in [-0.15, -0.1) is 11.3 Å². The highest BCUT2D eigenvalue weighted by molar-refractivity contribution is 7.14. The molecule has 1 aliphatic carbocycles. The zero-order valence-electron chi connectivity index (χ0n) is 16.4. The fraction of sp³-hybridized carbons (Fsp3) is 0.455. The standard InChI is InChI=1S/C22H26N2O3S/c1-3-14-6-9-19-15(11-14)12-20(28-19)22(26)23-16-7-8-17(18(13-16)27-2)24-10-4-5-21(24)25/h7-8,12-14H,3-6,9-11H2,1-2H3,(H,23,26). The lowest BCUT2D eigenvalue weighted by atomic mass is 9.87. The summed E-state index contributed by atoms with van der Waals surface area (Å²) in [4.78, 5) is 28.7. The summed E-state index contributed by atoms with van der Waals surface area (Å²) < 4.78 is 5.48. The van der Waals surface area contributed by atoms with E-state index in [0.717, 1.165) is 35.7 Å². The Bertz CT molecular complexity index is 905. The van der Waals surface area contributed by atoms with Crippen LogP contribution in [0.3, 0.4) is 0 Å². The van der Waals surface area contributed by atoms with Gasteiger partial charge in [0.25, 0.3) is 5.91 Å². The van der Waals surface area contributed by atoms with E-state index in [-0.39, 0.29) is 11.8 Å². The molecule has 28 heavy (non-hydrogen) atoms. The monoisotopic (exact) mass is 398 g/mol. The van der Waals surface area contributed by atoms with E-state index in [2.05, 4.69) is 18.3 Å². The van der Waals surface area contributed by atoms with Crippen LogP contribution < -0.4 is 15.0 Å². The van der Waals surface area contributed by atoms with Crippen LogP contribution in [-0.4, -0.2) is 25.5 Å². The smallest absolute Gasteiger partial charge is 0.265 e. The third-order valence-corrected chi connectivity index (χ3v) is 7.02. The zero-order chi connectivity index (χ0) is 19.7. The number of hydrogen-bond donors (Lipinski definition) is 1. The van der Waals surface area contributed by atoms with E-state index in [1.807, 2.05) is 12.1 Å². The van der Waals surface area contributed by atoms with Crippen LogP contribution in [0.15, 0.2) is 24.3 Å². The van der Waals surface area contributed by atoms with Crippen molar-refractivity contribution in [2.45, 2.75) is 45.4 Å². The number of hydrogen-bond acceptors (Lipinski definition) is 4. The van der Waals surface area contributed by atoms with Gasteiger partial charge < -0.3 is 15.0 Å². The number of carbonyl (C=O) groups is 2. The van der Waals surface area contributed by atoms with Crippen LogP contribution in [0.1, 0.15) is 52.7 Å². The summed E-state index contributed by atoms with van der Waals surface area (Å²) in [5.74, 6) is 1.37. The van der Waals surface area contributed by atoms with E-state index in [1.54, 1.807) is 29.4 Å². The van der Waals surface area contributed by atoms with Gasteiger partial charge in [0, 0.05) is 29.6 Å². The van der Waals surface area contributed by atoms with Crippen molar-refractivity contribution in [1.29, 1.82) is 0 Å². The molecule has 1 aliphatic heterocycles. The molecule has 2 aliphatic rings. The summed E-state index contributed by atoms with van der Waals surface area (Å²) in [5.41, 5.74) is 2.78. The number of carbonyl (C=O) groups excluding carboxylic acids is 2. The Labute approximate surface area is 169 Å². The molecule has 0 radical (unpaired) electrons. The fourth-order valence-electron chi connectivity index (χ4n) is 4.13. The molecule has 1 atom stereocenters. The fourth-order valence-corrected chi connectivity index (χ4v) is 5.24. The second kappa shape index (κ2) is 7.95. The number of ether oxygens (including phenoxy) is 1. The molecule has 1 unspecified atom stereocenters. The van der Waals surface area contributed by atoms with Gasteiger partial charge in [0.15, 0.2) is 0 Å². The van der Waals surface area contributed by atoms with E-state index in [9.17, 15) is 9.59 Å². The Morgan fingerprint density at radius 3 is 2.89 bits per heavy atom. The number of nitrogens with zero attached hydrogens (tertiary/aromatic N) is 1. The first-order chi connectivity index (χ1) is 13.6. The van der Waals surface area contributed by atoms with Crippen molar-refractivity contribution in [1.82, 2.24) is 0 Å². The zero-order valence-corrected chi connectivity index (χ0v) is 17.2. The molecule has 0 saturated carbocycles. The number of methoxy groups -OCH3 is 1. The van der Waals surface area contributed by atoms with E-state index in [1.165, 1.54) is 23.3 Å². The van der Waals surface area contributed by atoms with E-state index in [4.69, 9.17) is 4.74 Å². The SMILES string of the molecule is CCC1CCc2sc(C(=O)Nc3ccc(N4CCCC4=O)c(OC)c3)cc2C1. The molecule has 5 nitrogen and oxygen atoms in total. The van der Waals surface area contributed by atoms with Crippen LogP contribution in [0.25, 0.3) is 0 Å². The average molecular weight is 399 g/mol. The number of benzene rings is 1. The molecule has 1 saturated heterocycles. The normalized spacial score (nSPS) is 18.9. The largest absolute Gasteiger partial charge is 0.494 e. The maximum Gasteiger partial charge on any atom is 0.265 e. The number of anilines is 2. The third kappa shape index (κ3) is 3.65. The lowest BCUT2D eigenvalue weighted by Gasteiger charge is -2.19. The van der Waals surface area contributed by atoms with Gasteiger partial charge in [0.05, 0.1) is 17.7 Å². The first-order valence-electron chi connectivity index (χ1n) is 10.0. The molecule has 2 aromatic rings. The van der Waals surface area contributed by atoms with Gasteiger partial charge in [0.1, 0.15) is 5.75 Å². The number of thiophene rings is 1. The summed E-state index contributed by atoms with van der Waals surface area (Å²) in [6.45, 7) is 2.95. The summed E-state index contributed by atoms with van der Waals surface area (Å²) in [5, 5.41) is 2.98. The highest BCUT2D eigenvalue weighted by Crippen LogP contribution is 2.36. The number of amides is 2. The summed E-state index contributed by atoms with van der Waals surface area (Å²) in [7, 11) is 1.59. The molecule has 148 valence electrons. The van der Waals surface area contributed by atoms with Gasteiger partial charge in [-0.2, -0.15) is 0 Å². The van der Waals surface area contributed by atoms with Gasteiger partial charge in [-0.25, -0.2) is 0 Å². The molecule has 1 fully saturated rings. The molecule has 1 aromatic carbocycles. The van der Waals surface area contributed by atoms with Crippen molar-refractivity contribution in [2.24, 2.45) is 5.92 Å². The molecular weight excluding hydrogens is 372 g/mol. The van der Waals surface area contributed by atoms with Crippen molar-refractivity contribution < 1.29 is 14.3 Å². The van der Waals surface area contributed by atoms with Crippen molar-refractivity contribution in [3.05, 3.63) is 39.6 Å². The maximum atomic E-state index is 12.8. The van der Waals surface area contributed by atoms with Gasteiger partial charge >= 0.3 is 0 Å². The number of aryl methyl sites for hydroxylation is 1. The van der Waals surface area contributed by atoms with Crippen LogP contribution >= 0.6 is 11.3 Å². The summed E-state index contributed by atoms with van der Waals surface area (Å²) in [6.07, 6.45) is 6.02. The molecular formula is C22H26N2O3S. The predicted octanol–water partition coefficient (Wildman–Crippen LogP) is 4.65. The van der Waals surface area contributed by atoms with Crippen LogP contribution in [0, 0.1) is 5.92 Å². The minimum Gasteiger partial charge on any atom is -0.494 e. The first-order valence-corrected chi connectivity index (χ1v) is 10.8. The Morgan fingerprint density at radius 2 is 2.18 bits per heavy atom. The summed E-state index contributed by atoms with van der Waals surface area (Å²) in [6, 6.07) is 7.54. The second-order valence-electron chi connectivity index (χ2n) is 7.57. The van der Waals surface area contributed by atoms with Gasteiger partial charge in [-0.3, -0.25) is 9.59 Å². The van der Waals surface area contributed by atoms with E-state index in [0.29, 0.717) is 24.4 Å². The minimum absolute atomic E-state index is 0.0838. The molecule has 4 rings (SSSR count). The Hall–Kier alpha value is -2.34. The first kappa shape index (κ1) is 19.0. The van der Waals surface area contributed by atoms with Gasteiger partial charge in [0.2, 0.25) is 5.91 Å². The lowest BCUT2D eigenvalue weighted by molar-refractivity contribution is -0.117. The van der Waals surface area contributed by atoms with Gasteiger partial charge in [-0.05, 0) is 55.4 Å². The quantitative estimate of drug-likeness (QED) is 0.797. The summed E-state index contributed by atoms with van der Waals surface area (Å²) >= 11 is 1.61. The molecule has 0 bridgehead atoms. The maximum absolute atomic E-state index is 12.8. The third-order valence-electron chi connectivity index (χ3n) is 5.79. The molecule has 1 aromatic heterocycles. The van der Waals surface area contributed by atoms with Crippen LogP contribution in [-0.2, 0) is 17.6 Å². The van der Waals surface area contributed by atoms with E-state index >= 15 is 0 Å². The predicted molar refractivity (Wildman–Crippen MR) is 113 cm³/mol. The molecule has 2 heterocycles. The van der Waals surface area contributed by atoms with Crippen LogP contribution in [0.5, 0.6) is 5.75 Å². The van der Waals surface area contributed by atoms with Crippen molar-refractivity contribution in [3.63, 3.8) is 0 Å². The van der Waals surface area contributed by atoms with Crippen molar-refractivity contribution in [3.8, 4) is 5.75 Å². The Balaban J connectivity index is 1.50.